The number of hydrogen-bond donors (Lipinski definition) is 1. The molecule has 1 atom stereocenters. The topological polar surface area (TPSA) is 15.3 Å². The molecule has 1 aliphatic heterocycles. The zero-order valence-corrected chi connectivity index (χ0v) is 7.69. The Kier molecular flexibility index (Phi) is 3.55. The van der Waals surface area contributed by atoms with E-state index in [1.54, 1.807) is 7.05 Å². The van der Waals surface area contributed by atoms with Crippen LogP contribution in [0.2, 0.25) is 0 Å². The molecule has 0 aromatic carbocycles. The number of likely N-dealkylation sites (N-methyl/N-ethyl adjacent to an activating group) is 1. The van der Waals surface area contributed by atoms with Gasteiger partial charge in [0.05, 0.1) is 6.54 Å². The van der Waals surface area contributed by atoms with Crippen LogP contribution in [0.25, 0.3) is 0 Å². The summed E-state index contributed by atoms with van der Waals surface area (Å²) in [5, 5.41) is 3.01. The molecule has 0 aromatic heterocycles. The Morgan fingerprint density at radius 1 is 1.46 bits per heavy atom. The van der Waals surface area contributed by atoms with Gasteiger partial charge in [0.25, 0.3) is 0 Å². The highest BCUT2D eigenvalue weighted by molar-refractivity contribution is 4.78. The van der Waals surface area contributed by atoms with E-state index in [1.165, 1.54) is 4.90 Å². The maximum Gasteiger partial charge on any atom is 0.401 e. The number of halogens is 3. The second kappa shape index (κ2) is 4.28. The fraction of sp³-hybridized carbons (Fsp3) is 1.00. The molecule has 0 aliphatic carbocycles. The molecule has 0 bridgehead atoms. The highest BCUT2D eigenvalue weighted by Gasteiger charge is 2.32. The quantitative estimate of drug-likeness (QED) is 0.714. The van der Waals surface area contributed by atoms with Crippen LogP contribution in [0.15, 0.2) is 0 Å². The van der Waals surface area contributed by atoms with Crippen molar-refractivity contribution in [2.75, 3.05) is 26.7 Å². The smallest absolute Gasteiger partial charge is 0.316 e. The Bertz CT molecular complexity index is 158. The second-order valence-electron chi connectivity index (χ2n) is 3.48. The molecule has 0 saturated carbocycles. The van der Waals surface area contributed by atoms with Gasteiger partial charge in [-0.25, -0.2) is 0 Å². The van der Waals surface area contributed by atoms with E-state index in [0.29, 0.717) is 13.1 Å². The first kappa shape index (κ1) is 10.8. The highest BCUT2D eigenvalue weighted by Crippen LogP contribution is 2.19. The third-order valence-corrected chi connectivity index (χ3v) is 2.32. The van der Waals surface area contributed by atoms with Gasteiger partial charge in [0, 0.05) is 12.6 Å². The van der Waals surface area contributed by atoms with Crippen molar-refractivity contribution in [3.63, 3.8) is 0 Å². The van der Waals surface area contributed by atoms with Crippen LogP contribution in [-0.4, -0.2) is 43.8 Å². The van der Waals surface area contributed by atoms with E-state index in [4.69, 9.17) is 0 Å². The summed E-state index contributed by atoms with van der Waals surface area (Å²) in [4.78, 5) is 1.46. The summed E-state index contributed by atoms with van der Waals surface area (Å²) in [5.74, 6) is 0. The summed E-state index contributed by atoms with van der Waals surface area (Å²) in [5.41, 5.74) is 0. The van der Waals surface area contributed by atoms with Crippen LogP contribution < -0.4 is 5.32 Å². The Labute approximate surface area is 76.1 Å². The van der Waals surface area contributed by atoms with Crippen molar-refractivity contribution in [1.29, 1.82) is 0 Å². The largest absolute Gasteiger partial charge is 0.401 e. The maximum absolute atomic E-state index is 12.0. The van der Waals surface area contributed by atoms with Gasteiger partial charge >= 0.3 is 6.18 Å². The Balaban J connectivity index is 2.34. The van der Waals surface area contributed by atoms with Crippen molar-refractivity contribution in [3.05, 3.63) is 0 Å². The lowest BCUT2D eigenvalue weighted by Gasteiger charge is -2.32. The van der Waals surface area contributed by atoms with Crippen LogP contribution in [0, 0.1) is 0 Å². The molecule has 1 N–H and O–H groups in total. The van der Waals surface area contributed by atoms with Gasteiger partial charge in [-0.2, -0.15) is 13.2 Å². The number of likely N-dealkylation sites (tertiary alicyclic amines) is 1. The normalized spacial score (nSPS) is 26.3. The van der Waals surface area contributed by atoms with Crippen molar-refractivity contribution in [2.45, 2.75) is 25.1 Å². The van der Waals surface area contributed by atoms with E-state index in [9.17, 15) is 13.2 Å². The predicted molar refractivity (Wildman–Crippen MR) is 44.6 cm³/mol. The summed E-state index contributed by atoms with van der Waals surface area (Å²) in [6.07, 6.45) is -2.23. The van der Waals surface area contributed by atoms with Crippen LogP contribution in [0.4, 0.5) is 13.2 Å². The third kappa shape index (κ3) is 3.95. The van der Waals surface area contributed by atoms with E-state index in [2.05, 4.69) is 5.32 Å². The molecule has 0 amide bonds. The zero-order valence-electron chi connectivity index (χ0n) is 7.69. The highest BCUT2D eigenvalue weighted by atomic mass is 19.4. The lowest BCUT2D eigenvalue weighted by Crippen LogP contribution is -2.47. The van der Waals surface area contributed by atoms with Gasteiger partial charge in [0.2, 0.25) is 0 Å². The van der Waals surface area contributed by atoms with Gasteiger partial charge < -0.3 is 5.32 Å². The van der Waals surface area contributed by atoms with Crippen LogP contribution in [0.5, 0.6) is 0 Å². The second-order valence-corrected chi connectivity index (χ2v) is 3.48. The standard InChI is InChI=1S/C8H15F3N2/c1-12-7-3-2-4-13(5-7)6-8(9,10)11/h7,12H,2-6H2,1H3. The first-order valence-electron chi connectivity index (χ1n) is 4.47. The molecule has 0 radical (unpaired) electrons. The minimum Gasteiger partial charge on any atom is -0.316 e. The number of alkyl halides is 3. The van der Waals surface area contributed by atoms with Gasteiger partial charge in [-0.15, -0.1) is 0 Å². The summed E-state index contributed by atoms with van der Waals surface area (Å²) in [6.45, 7) is 0.304. The number of nitrogens with one attached hydrogen (secondary N) is 1. The molecule has 1 heterocycles. The van der Waals surface area contributed by atoms with Crippen LogP contribution >= 0.6 is 0 Å². The Morgan fingerprint density at radius 2 is 2.15 bits per heavy atom. The first-order valence-corrected chi connectivity index (χ1v) is 4.47. The lowest BCUT2D eigenvalue weighted by atomic mass is 10.1. The average Bonchev–Trinajstić information content (AvgIpc) is 2.01. The lowest BCUT2D eigenvalue weighted by molar-refractivity contribution is -0.148. The summed E-state index contributed by atoms with van der Waals surface area (Å²) >= 11 is 0. The minimum atomic E-state index is -4.06. The zero-order chi connectivity index (χ0) is 9.90. The molecule has 1 aliphatic rings. The molecule has 1 rings (SSSR count). The van der Waals surface area contributed by atoms with Gasteiger partial charge in [0.1, 0.15) is 0 Å². The minimum absolute atomic E-state index is 0.219. The molecule has 1 unspecified atom stereocenters. The SMILES string of the molecule is CNC1CCCN(CC(F)(F)F)C1. The van der Waals surface area contributed by atoms with E-state index in [0.717, 1.165) is 12.8 Å². The number of hydrogen-bond acceptors (Lipinski definition) is 2. The predicted octanol–water partition coefficient (Wildman–Crippen LogP) is 1.23. The summed E-state index contributed by atoms with van der Waals surface area (Å²) in [7, 11) is 1.79. The first-order chi connectivity index (χ1) is 6.01. The third-order valence-electron chi connectivity index (χ3n) is 2.32. The van der Waals surface area contributed by atoms with Gasteiger partial charge in [-0.1, -0.05) is 0 Å². The van der Waals surface area contributed by atoms with E-state index >= 15 is 0 Å². The molecule has 2 nitrogen and oxygen atoms in total. The van der Waals surface area contributed by atoms with Crippen molar-refractivity contribution in [3.8, 4) is 0 Å². The number of rotatable bonds is 2. The average molecular weight is 196 g/mol. The van der Waals surface area contributed by atoms with Gasteiger partial charge in [-0.3, -0.25) is 4.90 Å². The molecule has 1 saturated heterocycles. The van der Waals surface area contributed by atoms with Gasteiger partial charge in [-0.05, 0) is 26.4 Å². The van der Waals surface area contributed by atoms with Crippen LogP contribution in [0.3, 0.4) is 0 Å². The molecule has 78 valence electrons. The molecule has 1 fully saturated rings. The molecule has 5 heteroatoms. The fourth-order valence-electron chi connectivity index (χ4n) is 1.69. The van der Waals surface area contributed by atoms with E-state index in [1.807, 2.05) is 0 Å². The molecular weight excluding hydrogens is 181 g/mol. The maximum atomic E-state index is 12.0. The molecule has 0 aromatic rings. The molecule has 13 heavy (non-hydrogen) atoms. The van der Waals surface area contributed by atoms with Crippen LogP contribution in [-0.2, 0) is 0 Å². The molecular formula is C8H15F3N2. The van der Waals surface area contributed by atoms with Crippen molar-refractivity contribution in [2.24, 2.45) is 0 Å². The van der Waals surface area contributed by atoms with Crippen molar-refractivity contribution in [1.82, 2.24) is 10.2 Å². The Morgan fingerprint density at radius 3 is 2.69 bits per heavy atom. The van der Waals surface area contributed by atoms with Crippen molar-refractivity contribution < 1.29 is 13.2 Å². The summed E-state index contributed by atoms with van der Waals surface area (Å²) < 4.78 is 36.0. The van der Waals surface area contributed by atoms with E-state index < -0.39 is 12.7 Å². The van der Waals surface area contributed by atoms with Crippen molar-refractivity contribution >= 4 is 0 Å². The Hall–Kier alpha value is -0.290. The number of nitrogens with zero attached hydrogens (tertiary/aromatic N) is 1. The van der Waals surface area contributed by atoms with Gasteiger partial charge in [0.15, 0.2) is 0 Å². The monoisotopic (exact) mass is 196 g/mol. The number of piperidine rings is 1. The summed E-state index contributed by atoms with van der Waals surface area (Å²) in [6, 6.07) is 0.219. The molecule has 0 spiro atoms. The van der Waals surface area contributed by atoms with Crippen LogP contribution in [0.1, 0.15) is 12.8 Å². The fourth-order valence-corrected chi connectivity index (χ4v) is 1.69. The van der Waals surface area contributed by atoms with E-state index in [-0.39, 0.29) is 6.04 Å².